The molecule has 0 bridgehead atoms. The van der Waals surface area contributed by atoms with Crippen LogP contribution in [0.4, 0.5) is 0 Å². The van der Waals surface area contributed by atoms with Crippen molar-refractivity contribution in [3.63, 3.8) is 0 Å². The number of halogens is 1. The van der Waals surface area contributed by atoms with Gasteiger partial charge < -0.3 is 25.0 Å². The van der Waals surface area contributed by atoms with Gasteiger partial charge in [-0.05, 0) is 55.7 Å². The van der Waals surface area contributed by atoms with Crippen LogP contribution in [0.3, 0.4) is 0 Å². The number of piperazine rings is 1. The monoisotopic (exact) mass is 537 g/mol. The van der Waals surface area contributed by atoms with Gasteiger partial charge in [0, 0.05) is 49.2 Å². The van der Waals surface area contributed by atoms with Crippen LogP contribution in [-0.4, -0.2) is 85.9 Å². The van der Waals surface area contributed by atoms with Gasteiger partial charge in [-0.2, -0.15) is 5.10 Å². The second-order valence-corrected chi connectivity index (χ2v) is 9.61. The van der Waals surface area contributed by atoms with Gasteiger partial charge in [0.05, 0.1) is 11.2 Å². The Hall–Kier alpha value is -3.66. The highest BCUT2D eigenvalue weighted by Crippen LogP contribution is 2.28. The Kier molecular flexibility index (Phi) is 9.53. The molecule has 9 nitrogen and oxygen atoms in total. The third kappa shape index (κ3) is 7.44. The maximum Gasteiger partial charge on any atom is 0.271 e. The Morgan fingerprint density at radius 2 is 1.84 bits per heavy atom. The number of nitrogens with one attached hydrogen (secondary N) is 2. The van der Waals surface area contributed by atoms with Gasteiger partial charge in [-0.15, -0.1) is 0 Å². The van der Waals surface area contributed by atoms with Crippen molar-refractivity contribution in [1.29, 1.82) is 0 Å². The molecule has 38 heavy (non-hydrogen) atoms. The number of aromatic hydroxyl groups is 1. The molecule has 200 valence electrons. The van der Waals surface area contributed by atoms with E-state index < -0.39 is 5.91 Å². The van der Waals surface area contributed by atoms with Crippen LogP contribution >= 0.6 is 11.6 Å². The zero-order chi connectivity index (χ0) is 26.9. The van der Waals surface area contributed by atoms with Gasteiger partial charge in [-0.3, -0.25) is 9.59 Å². The molecule has 0 spiro atoms. The summed E-state index contributed by atoms with van der Waals surface area (Å²) in [5.41, 5.74) is 3.50. The molecule has 0 aromatic heterocycles. The van der Waals surface area contributed by atoms with Crippen molar-refractivity contribution >= 4 is 40.4 Å². The van der Waals surface area contributed by atoms with Gasteiger partial charge in [-0.25, -0.2) is 5.43 Å². The highest BCUT2D eigenvalue weighted by molar-refractivity contribution is 6.32. The number of rotatable bonds is 10. The molecule has 0 unspecified atom stereocenters. The number of carbonyl (C=O) groups excluding carboxylic acids is 2. The minimum Gasteiger partial charge on any atom is -0.506 e. The molecule has 3 N–H and O–H groups in total. The van der Waals surface area contributed by atoms with E-state index in [1.165, 1.54) is 18.2 Å². The number of ether oxygens (including phenoxy) is 1. The van der Waals surface area contributed by atoms with Gasteiger partial charge in [0.25, 0.3) is 11.8 Å². The summed E-state index contributed by atoms with van der Waals surface area (Å²) in [6.45, 7) is 5.84. The molecule has 0 saturated carbocycles. The number of carbonyl (C=O) groups is 2. The van der Waals surface area contributed by atoms with Crippen molar-refractivity contribution in [1.82, 2.24) is 20.5 Å². The molecule has 0 aliphatic carbocycles. The molecule has 4 rings (SSSR count). The average molecular weight is 538 g/mol. The van der Waals surface area contributed by atoms with Crippen LogP contribution in [0, 0.1) is 0 Å². The van der Waals surface area contributed by atoms with E-state index in [9.17, 15) is 14.7 Å². The molecular formula is C28H32ClN5O4. The second kappa shape index (κ2) is 13.2. The number of amides is 2. The molecule has 1 aliphatic heterocycles. The van der Waals surface area contributed by atoms with Crippen LogP contribution < -0.4 is 15.5 Å². The summed E-state index contributed by atoms with van der Waals surface area (Å²) >= 11 is 5.87. The maximum absolute atomic E-state index is 12.3. The lowest BCUT2D eigenvalue weighted by Gasteiger charge is -2.32. The summed E-state index contributed by atoms with van der Waals surface area (Å²) in [5, 5.41) is 18.3. The standard InChI is InChI=1S/C28H32ClN5O4/c1-33-13-15-34(16-14-33)12-4-11-30-27(36)19-38-26-10-8-21(22-5-2-3-6-23(22)26)18-31-32-28(37)20-7-9-25(35)24(29)17-20/h2-3,5-10,17-18,35H,4,11-16,19H2,1H3,(H,30,36)(H,32,37)/b31-18+. The fourth-order valence-electron chi connectivity index (χ4n) is 4.20. The molecule has 3 aromatic carbocycles. The SMILES string of the molecule is CN1CCN(CCCNC(=O)COc2ccc(/C=N/NC(=O)c3ccc(O)c(Cl)c3)c3ccccc23)CC1. The summed E-state index contributed by atoms with van der Waals surface area (Å²) in [6, 6.07) is 15.4. The summed E-state index contributed by atoms with van der Waals surface area (Å²) in [5.74, 6) is -0.121. The normalized spacial score (nSPS) is 14.6. The number of phenolic OH excluding ortho intramolecular Hbond substituents is 1. The lowest BCUT2D eigenvalue weighted by atomic mass is 10.0. The van der Waals surface area contributed by atoms with E-state index in [0.29, 0.717) is 12.3 Å². The molecule has 2 amide bonds. The molecule has 1 fully saturated rings. The summed E-state index contributed by atoms with van der Waals surface area (Å²) in [6.07, 6.45) is 2.45. The van der Waals surface area contributed by atoms with Crippen LogP contribution in [0.5, 0.6) is 11.5 Å². The molecule has 3 aromatic rings. The quantitative estimate of drug-likeness (QED) is 0.208. The molecular weight excluding hydrogens is 506 g/mol. The Bertz CT molecular complexity index is 1310. The number of likely N-dealkylation sites (N-methyl/N-ethyl adjacent to an activating group) is 1. The highest BCUT2D eigenvalue weighted by Gasteiger charge is 2.13. The maximum atomic E-state index is 12.3. The molecule has 10 heteroatoms. The first-order chi connectivity index (χ1) is 18.4. The first-order valence-corrected chi connectivity index (χ1v) is 12.9. The Balaban J connectivity index is 1.29. The average Bonchev–Trinajstić information content (AvgIpc) is 2.93. The highest BCUT2D eigenvalue weighted by atomic mass is 35.5. The first-order valence-electron chi connectivity index (χ1n) is 12.5. The van der Waals surface area contributed by atoms with Crippen molar-refractivity contribution in [2.24, 2.45) is 5.10 Å². The fourth-order valence-corrected chi connectivity index (χ4v) is 4.38. The predicted molar refractivity (Wildman–Crippen MR) is 149 cm³/mol. The van der Waals surface area contributed by atoms with Crippen molar-refractivity contribution < 1.29 is 19.4 Å². The molecule has 1 aliphatic rings. The number of hydrazone groups is 1. The number of fused-ring (bicyclic) bond motifs is 1. The van der Waals surface area contributed by atoms with E-state index in [1.54, 1.807) is 12.3 Å². The van der Waals surface area contributed by atoms with Gasteiger partial charge in [0.2, 0.25) is 0 Å². The number of benzene rings is 3. The third-order valence-corrected chi connectivity index (χ3v) is 6.73. The van der Waals surface area contributed by atoms with E-state index in [0.717, 1.165) is 55.5 Å². The summed E-state index contributed by atoms with van der Waals surface area (Å²) in [4.78, 5) is 29.4. The molecule has 1 heterocycles. The lowest BCUT2D eigenvalue weighted by Crippen LogP contribution is -2.45. The molecule has 1 saturated heterocycles. The number of hydrogen-bond acceptors (Lipinski definition) is 7. The number of phenols is 1. The van der Waals surface area contributed by atoms with Gasteiger partial charge >= 0.3 is 0 Å². The van der Waals surface area contributed by atoms with Gasteiger partial charge in [0.15, 0.2) is 6.61 Å². The van der Waals surface area contributed by atoms with E-state index in [4.69, 9.17) is 16.3 Å². The van der Waals surface area contributed by atoms with Crippen LogP contribution in [0.15, 0.2) is 59.7 Å². The largest absolute Gasteiger partial charge is 0.506 e. The molecule has 0 atom stereocenters. The van der Waals surface area contributed by atoms with Crippen LogP contribution in [0.2, 0.25) is 5.02 Å². The van der Waals surface area contributed by atoms with E-state index in [-0.39, 0.29) is 28.8 Å². The van der Waals surface area contributed by atoms with Crippen molar-refractivity contribution in [2.45, 2.75) is 6.42 Å². The smallest absolute Gasteiger partial charge is 0.271 e. The van der Waals surface area contributed by atoms with Gasteiger partial charge in [-0.1, -0.05) is 35.9 Å². The first kappa shape index (κ1) is 27.4. The van der Waals surface area contributed by atoms with E-state index in [2.05, 4.69) is 32.7 Å². The fraction of sp³-hybridized carbons (Fsp3) is 0.321. The number of hydrogen-bond donors (Lipinski definition) is 3. The van der Waals surface area contributed by atoms with Gasteiger partial charge in [0.1, 0.15) is 11.5 Å². The zero-order valence-electron chi connectivity index (χ0n) is 21.3. The molecule has 0 radical (unpaired) electrons. The predicted octanol–water partition coefficient (Wildman–Crippen LogP) is 3.10. The van der Waals surface area contributed by atoms with Crippen molar-refractivity contribution in [3.05, 3.63) is 70.7 Å². The lowest BCUT2D eigenvalue weighted by molar-refractivity contribution is -0.123. The summed E-state index contributed by atoms with van der Waals surface area (Å²) < 4.78 is 5.84. The van der Waals surface area contributed by atoms with Crippen molar-refractivity contribution in [3.8, 4) is 11.5 Å². The minimum atomic E-state index is -0.457. The van der Waals surface area contributed by atoms with Crippen LogP contribution in [0.1, 0.15) is 22.3 Å². The van der Waals surface area contributed by atoms with E-state index >= 15 is 0 Å². The minimum absolute atomic E-state index is 0.0722. The summed E-state index contributed by atoms with van der Waals surface area (Å²) in [7, 11) is 2.14. The zero-order valence-corrected chi connectivity index (χ0v) is 22.1. The Labute approximate surface area is 227 Å². The van der Waals surface area contributed by atoms with Crippen LogP contribution in [-0.2, 0) is 4.79 Å². The third-order valence-electron chi connectivity index (χ3n) is 6.43. The van der Waals surface area contributed by atoms with E-state index in [1.807, 2.05) is 30.3 Å². The Morgan fingerprint density at radius 3 is 2.61 bits per heavy atom. The Morgan fingerprint density at radius 1 is 1.08 bits per heavy atom. The number of nitrogens with zero attached hydrogens (tertiary/aromatic N) is 3. The second-order valence-electron chi connectivity index (χ2n) is 9.20. The van der Waals surface area contributed by atoms with Crippen molar-refractivity contribution in [2.75, 3.05) is 52.9 Å². The topological polar surface area (TPSA) is 107 Å². The van der Waals surface area contributed by atoms with Crippen LogP contribution in [0.25, 0.3) is 10.8 Å².